The number of rotatable bonds is 2. The van der Waals surface area contributed by atoms with Gasteiger partial charge in [-0.15, -0.1) is 0 Å². The van der Waals surface area contributed by atoms with Crippen LogP contribution in [0.15, 0.2) is 84.9 Å². The molecule has 4 heteroatoms. The van der Waals surface area contributed by atoms with Crippen LogP contribution < -0.4 is 9.47 Å². The van der Waals surface area contributed by atoms with Crippen molar-refractivity contribution in [2.45, 2.75) is 26.2 Å². The van der Waals surface area contributed by atoms with Crippen molar-refractivity contribution in [2.24, 2.45) is 0 Å². The van der Waals surface area contributed by atoms with Crippen molar-refractivity contribution in [1.82, 2.24) is 0 Å². The Kier molecular flexibility index (Phi) is 7.00. The maximum Gasteiger partial charge on any atom is 0.519 e. The Morgan fingerprint density at radius 2 is 1.11 bits per heavy atom. The SMILES string of the molecule is CC(C)(C)c1ccc(O)cc1.O=C(Oc1ccccc1)Oc1ccccc1. The first-order valence-electron chi connectivity index (χ1n) is 8.64. The summed E-state index contributed by atoms with van der Waals surface area (Å²) in [6.07, 6.45) is -0.739. The summed E-state index contributed by atoms with van der Waals surface area (Å²) >= 11 is 0. The summed E-state index contributed by atoms with van der Waals surface area (Å²) in [5.74, 6) is 1.25. The predicted molar refractivity (Wildman–Crippen MR) is 106 cm³/mol. The number of carbonyl (C=O) groups is 1. The zero-order valence-corrected chi connectivity index (χ0v) is 15.8. The van der Waals surface area contributed by atoms with Gasteiger partial charge in [0.2, 0.25) is 0 Å². The van der Waals surface area contributed by atoms with Crippen LogP contribution in [-0.2, 0) is 5.41 Å². The summed E-state index contributed by atoms with van der Waals surface area (Å²) in [6, 6.07) is 24.9. The number of phenols is 1. The van der Waals surface area contributed by atoms with E-state index in [1.165, 1.54) is 5.56 Å². The number of para-hydroxylation sites is 2. The minimum Gasteiger partial charge on any atom is -0.508 e. The van der Waals surface area contributed by atoms with E-state index in [4.69, 9.17) is 14.6 Å². The van der Waals surface area contributed by atoms with E-state index in [1.54, 1.807) is 60.7 Å². The molecule has 3 rings (SSSR count). The van der Waals surface area contributed by atoms with Crippen LogP contribution in [0.4, 0.5) is 4.79 Å². The van der Waals surface area contributed by atoms with E-state index in [9.17, 15) is 4.79 Å². The van der Waals surface area contributed by atoms with E-state index < -0.39 is 6.16 Å². The van der Waals surface area contributed by atoms with Gasteiger partial charge in [-0.2, -0.15) is 0 Å². The van der Waals surface area contributed by atoms with E-state index in [-0.39, 0.29) is 5.41 Å². The van der Waals surface area contributed by atoms with Crippen LogP contribution in [0.3, 0.4) is 0 Å². The van der Waals surface area contributed by atoms with Crippen LogP contribution in [0.1, 0.15) is 26.3 Å². The third-order valence-corrected chi connectivity index (χ3v) is 3.62. The van der Waals surface area contributed by atoms with Crippen molar-refractivity contribution in [1.29, 1.82) is 0 Å². The maximum absolute atomic E-state index is 11.3. The maximum atomic E-state index is 11.3. The van der Waals surface area contributed by atoms with Crippen LogP contribution in [0.2, 0.25) is 0 Å². The molecular weight excluding hydrogens is 340 g/mol. The monoisotopic (exact) mass is 364 g/mol. The molecule has 0 radical (unpaired) electrons. The second kappa shape index (κ2) is 9.43. The van der Waals surface area contributed by atoms with Crippen molar-refractivity contribution >= 4 is 6.16 Å². The topological polar surface area (TPSA) is 55.8 Å². The van der Waals surface area contributed by atoms with E-state index in [0.29, 0.717) is 17.2 Å². The van der Waals surface area contributed by atoms with Gasteiger partial charge in [0.25, 0.3) is 0 Å². The highest BCUT2D eigenvalue weighted by molar-refractivity contribution is 5.66. The third kappa shape index (κ3) is 7.24. The summed E-state index contributed by atoms with van der Waals surface area (Å²) in [5.41, 5.74) is 1.42. The van der Waals surface area contributed by atoms with Crippen molar-refractivity contribution < 1.29 is 19.4 Å². The van der Waals surface area contributed by atoms with Gasteiger partial charge in [0.1, 0.15) is 17.2 Å². The number of phenolic OH excluding ortho intramolecular Hbond substituents is 1. The fourth-order valence-electron chi connectivity index (χ4n) is 2.15. The number of hydrogen-bond acceptors (Lipinski definition) is 4. The summed E-state index contributed by atoms with van der Waals surface area (Å²) in [7, 11) is 0. The highest BCUT2D eigenvalue weighted by Crippen LogP contribution is 2.23. The first-order chi connectivity index (χ1) is 12.8. The molecule has 4 nitrogen and oxygen atoms in total. The van der Waals surface area contributed by atoms with Crippen molar-refractivity contribution in [2.75, 3.05) is 0 Å². The van der Waals surface area contributed by atoms with Gasteiger partial charge in [-0.1, -0.05) is 69.3 Å². The van der Waals surface area contributed by atoms with Gasteiger partial charge in [0, 0.05) is 0 Å². The quantitative estimate of drug-likeness (QED) is 0.451. The van der Waals surface area contributed by atoms with Gasteiger partial charge >= 0.3 is 6.16 Å². The first-order valence-corrected chi connectivity index (χ1v) is 8.64. The van der Waals surface area contributed by atoms with Gasteiger partial charge in [-0.3, -0.25) is 0 Å². The smallest absolute Gasteiger partial charge is 0.508 e. The van der Waals surface area contributed by atoms with E-state index in [0.717, 1.165) is 0 Å². The van der Waals surface area contributed by atoms with E-state index in [1.807, 2.05) is 24.3 Å². The lowest BCUT2D eigenvalue weighted by Gasteiger charge is -2.18. The molecule has 3 aromatic rings. The zero-order chi connectivity index (χ0) is 19.7. The Labute approximate surface area is 160 Å². The van der Waals surface area contributed by atoms with Crippen molar-refractivity contribution in [3.8, 4) is 17.2 Å². The summed E-state index contributed by atoms with van der Waals surface area (Å²) < 4.78 is 9.91. The highest BCUT2D eigenvalue weighted by Gasteiger charge is 2.12. The summed E-state index contributed by atoms with van der Waals surface area (Å²) in [5, 5.41) is 9.02. The number of hydrogen-bond donors (Lipinski definition) is 1. The average molecular weight is 364 g/mol. The van der Waals surface area contributed by atoms with Gasteiger partial charge in [-0.05, 0) is 47.4 Å². The molecule has 0 fully saturated rings. The molecular formula is C23H24O4. The number of aromatic hydroxyl groups is 1. The third-order valence-electron chi connectivity index (χ3n) is 3.62. The van der Waals surface area contributed by atoms with Crippen LogP contribution in [0.25, 0.3) is 0 Å². The standard InChI is InChI=1S/C13H10O3.C10H14O/c14-13(15-11-7-3-1-4-8-11)16-12-9-5-2-6-10-12;1-10(2,3)8-4-6-9(11)7-5-8/h1-10H;4-7,11H,1-3H3. The number of carbonyl (C=O) groups excluding carboxylic acids is 1. The minimum absolute atomic E-state index is 0.174. The lowest BCUT2D eigenvalue weighted by Crippen LogP contribution is -2.13. The molecule has 3 aromatic carbocycles. The first kappa shape index (κ1) is 20.0. The van der Waals surface area contributed by atoms with Crippen molar-refractivity contribution in [3.05, 3.63) is 90.5 Å². The van der Waals surface area contributed by atoms with Gasteiger partial charge < -0.3 is 14.6 Å². The largest absolute Gasteiger partial charge is 0.519 e. The van der Waals surface area contributed by atoms with Crippen LogP contribution in [-0.4, -0.2) is 11.3 Å². The second-order valence-electron chi connectivity index (χ2n) is 6.88. The second-order valence-corrected chi connectivity index (χ2v) is 6.88. The lowest BCUT2D eigenvalue weighted by atomic mass is 9.87. The van der Waals surface area contributed by atoms with Crippen LogP contribution >= 0.6 is 0 Å². The zero-order valence-electron chi connectivity index (χ0n) is 15.8. The van der Waals surface area contributed by atoms with Gasteiger partial charge in [0.05, 0.1) is 0 Å². The lowest BCUT2D eigenvalue weighted by molar-refractivity contribution is 0.152. The van der Waals surface area contributed by atoms with E-state index in [2.05, 4.69) is 20.8 Å². The normalized spacial score (nSPS) is 10.3. The molecule has 27 heavy (non-hydrogen) atoms. The Morgan fingerprint density at radius 3 is 1.48 bits per heavy atom. The Bertz CT molecular complexity index is 776. The summed E-state index contributed by atoms with van der Waals surface area (Å²) in [6.45, 7) is 6.46. The summed E-state index contributed by atoms with van der Waals surface area (Å²) in [4.78, 5) is 11.3. The van der Waals surface area contributed by atoms with Crippen molar-refractivity contribution in [3.63, 3.8) is 0 Å². The fraction of sp³-hybridized carbons (Fsp3) is 0.174. The number of benzene rings is 3. The fourth-order valence-corrected chi connectivity index (χ4v) is 2.15. The molecule has 0 saturated heterocycles. The molecule has 0 spiro atoms. The Balaban J connectivity index is 0.000000208. The van der Waals surface area contributed by atoms with Gasteiger partial charge in [-0.25, -0.2) is 4.79 Å². The molecule has 0 aliphatic carbocycles. The Morgan fingerprint density at radius 1 is 0.704 bits per heavy atom. The molecule has 0 saturated carbocycles. The molecule has 0 aromatic heterocycles. The van der Waals surface area contributed by atoms with Crippen LogP contribution in [0, 0.1) is 0 Å². The molecule has 0 unspecified atom stereocenters. The van der Waals surface area contributed by atoms with Crippen LogP contribution in [0.5, 0.6) is 17.2 Å². The molecule has 0 atom stereocenters. The Hall–Kier alpha value is -3.27. The molecule has 0 heterocycles. The number of ether oxygens (including phenoxy) is 2. The molecule has 1 N–H and O–H groups in total. The average Bonchev–Trinajstić information content (AvgIpc) is 2.63. The highest BCUT2D eigenvalue weighted by atomic mass is 16.7. The molecule has 0 amide bonds. The molecule has 0 bridgehead atoms. The van der Waals surface area contributed by atoms with E-state index >= 15 is 0 Å². The molecule has 140 valence electrons. The van der Waals surface area contributed by atoms with Gasteiger partial charge in [0.15, 0.2) is 0 Å². The molecule has 0 aliphatic heterocycles. The minimum atomic E-state index is -0.739. The predicted octanol–water partition coefficient (Wildman–Crippen LogP) is 5.95. The molecule has 0 aliphatic rings.